The number of nitrogens with zero attached hydrogens (tertiary/aromatic N) is 1. The molecule has 6 nitrogen and oxygen atoms in total. The van der Waals surface area contributed by atoms with Crippen molar-refractivity contribution in [2.75, 3.05) is 10.6 Å². The number of carbonyl (C=O) groups is 2. The highest BCUT2D eigenvalue weighted by Crippen LogP contribution is 2.37. The fourth-order valence-corrected chi connectivity index (χ4v) is 5.34. The number of pyridine rings is 1. The molecule has 0 bridgehead atoms. The molecule has 1 aromatic carbocycles. The molecule has 1 aliphatic rings. The van der Waals surface area contributed by atoms with Gasteiger partial charge in [-0.1, -0.05) is 32.3 Å². The van der Waals surface area contributed by atoms with Gasteiger partial charge in [-0.25, -0.2) is 0 Å². The molecule has 5 rings (SSSR count). The predicted molar refractivity (Wildman–Crippen MR) is 134 cm³/mol. The van der Waals surface area contributed by atoms with Gasteiger partial charge in [0.15, 0.2) is 0 Å². The van der Waals surface area contributed by atoms with Crippen molar-refractivity contribution in [3.63, 3.8) is 0 Å². The van der Waals surface area contributed by atoms with E-state index in [0.29, 0.717) is 10.7 Å². The monoisotopic (exact) mass is 458 g/mol. The van der Waals surface area contributed by atoms with E-state index in [1.54, 1.807) is 12.4 Å². The van der Waals surface area contributed by atoms with Crippen LogP contribution >= 0.6 is 11.3 Å². The second-order valence-corrected chi connectivity index (χ2v) is 10.00. The molecule has 0 spiro atoms. The van der Waals surface area contributed by atoms with Crippen molar-refractivity contribution < 1.29 is 9.59 Å². The van der Waals surface area contributed by atoms with Crippen LogP contribution in [-0.4, -0.2) is 21.8 Å². The van der Waals surface area contributed by atoms with Gasteiger partial charge in [-0.3, -0.25) is 14.6 Å². The van der Waals surface area contributed by atoms with E-state index in [1.807, 2.05) is 48.5 Å². The van der Waals surface area contributed by atoms with Gasteiger partial charge < -0.3 is 15.6 Å². The second kappa shape index (κ2) is 8.83. The molecule has 1 aliphatic carbocycles. The van der Waals surface area contributed by atoms with E-state index < -0.39 is 0 Å². The third-order valence-corrected chi connectivity index (χ3v) is 7.56. The summed E-state index contributed by atoms with van der Waals surface area (Å²) in [5.74, 6) is 0.548. The fraction of sp³-hybridized carbons (Fsp3) is 0.269. The van der Waals surface area contributed by atoms with Crippen molar-refractivity contribution in [1.82, 2.24) is 9.97 Å². The molecule has 3 aromatic heterocycles. The highest BCUT2D eigenvalue weighted by Gasteiger charge is 2.34. The summed E-state index contributed by atoms with van der Waals surface area (Å²) in [6.45, 7) is 2.06. The van der Waals surface area contributed by atoms with Gasteiger partial charge in [0.05, 0.1) is 4.88 Å². The van der Waals surface area contributed by atoms with Crippen molar-refractivity contribution in [2.24, 2.45) is 5.41 Å². The van der Waals surface area contributed by atoms with Gasteiger partial charge in [-0.05, 0) is 60.9 Å². The van der Waals surface area contributed by atoms with Crippen molar-refractivity contribution in [2.45, 2.75) is 39.0 Å². The van der Waals surface area contributed by atoms with Crippen molar-refractivity contribution in [3.05, 3.63) is 65.8 Å². The number of benzene rings is 1. The van der Waals surface area contributed by atoms with Crippen LogP contribution in [0.25, 0.3) is 21.3 Å². The molecule has 0 unspecified atom stereocenters. The molecule has 3 heterocycles. The van der Waals surface area contributed by atoms with E-state index in [9.17, 15) is 9.59 Å². The lowest BCUT2D eigenvalue weighted by Crippen LogP contribution is -2.35. The number of carbonyl (C=O) groups excluding carboxylic acids is 2. The van der Waals surface area contributed by atoms with Crippen LogP contribution in [0.4, 0.5) is 11.5 Å². The van der Waals surface area contributed by atoms with Crippen LogP contribution in [-0.2, 0) is 4.79 Å². The SMILES string of the molecule is CC1(C(=O)Nc2ccc3cc(NC(=O)c4ccc(-c5ccncc5)s4)[nH]c3c2)CCCCC1. The van der Waals surface area contributed by atoms with Gasteiger partial charge in [-0.15, -0.1) is 11.3 Å². The highest BCUT2D eigenvalue weighted by molar-refractivity contribution is 7.17. The number of thiophene rings is 1. The molecule has 168 valence electrons. The van der Waals surface area contributed by atoms with Crippen LogP contribution in [0.1, 0.15) is 48.7 Å². The Morgan fingerprint density at radius 3 is 2.55 bits per heavy atom. The standard InChI is InChI=1S/C26H26N4O2S/c1-26(11-3-2-4-12-26)25(32)28-19-6-5-18-15-23(29-20(18)16-19)30-24(31)22-8-7-21(33-22)17-9-13-27-14-10-17/h5-10,13-16,29H,2-4,11-12H2,1H3,(H,28,32)(H,30,31). The maximum Gasteiger partial charge on any atom is 0.266 e. The summed E-state index contributed by atoms with van der Waals surface area (Å²) in [5.41, 5.74) is 2.37. The first kappa shape index (κ1) is 21.4. The number of hydrogen-bond acceptors (Lipinski definition) is 4. The summed E-state index contributed by atoms with van der Waals surface area (Å²) in [7, 11) is 0. The molecule has 0 radical (unpaired) electrons. The third-order valence-electron chi connectivity index (χ3n) is 6.43. The van der Waals surface area contributed by atoms with Gasteiger partial charge in [-0.2, -0.15) is 0 Å². The van der Waals surface area contributed by atoms with E-state index >= 15 is 0 Å². The summed E-state index contributed by atoms with van der Waals surface area (Å²) in [5, 5.41) is 7.00. The summed E-state index contributed by atoms with van der Waals surface area (Å²) in [6, 6.07) is 15.3. The Bertz CT molecular complexity index is 1300. The predicted octanol–water partition coefficient (Wildman–Crippen LogP) is 6.45. The molecule has 2 amide bonds. The number of hydrogen-bond donors (Lipinski definition) is 3. The fourth-order valence-electron chi connectivity index (χ4n) is 4.43. The summed E-state index contributed by atoms with van der Waals surface area (Å²) in [4.78, 5) is 34.6. The molecule has 0 atom stereocenters. The third kappa shape index (κ3) is 4.54. The van der Waals surface area contributed by atoms with Gasteiger partial charge in [0, 0.05) is 39.3 Å². The Balaban J connectivity index is 1.28. The molecule has 7 heteroatoms. The van der Waals surface area contributed by atoms with Crippen molar-refractivity contribution in [3.8, 4) is 10.4 Å². The van der Waals surface area contributed by atoms with E-state index in [-0.39, 0.29) is 17.2 Å². The normalized spacial score (nSPS) is 15.3. The lowest BCUT2D eigenvalue weighted by molar-refractivity contribution is -0.126. The zero-order valence-electron chi connectivity index (χ0n) is 18.5. The van der Waals surface area contributed by atoms with E-state index in [0.717, 1.165) is 52.7 Å². The average Bonchev–Trinajstić information content (AvgIpc) is 3.47. The number of aromatic amines is 1. The molecule has 1 saturated carbocycles. The molecule has 3 N–H and O–H groups in total. The smallest absolute Gasteiger partial charge is 0.266 e. The quantitative estimate of drug-likeness (QED) is 0.321. The van der Waals surface area contributed by atoms with Crippen LogP contribution in [0.3, 0.4) is 0 Å². The molecule has 4 aromatic rings. The zero-order chi connectivity index (χ0) is 22.8. The molecule has 33 heavy (non-hydrogen) atoms. The second-order valence-electron chi connectivity index (χ2n) is 8.91. The van der Waals surface area contributed by atoms with Crippen LogP contribution < -0.4 is 10.6 Å². The first-order valence-electron chi connectivity index (χ1n) is 11.3. The number of anilines is 2. The van der Waals surface area contributed by atoms with E-state index in [1.165, 1.54) is 17.8 Å². The molecule has 0 saturated heterocycles. The number of aromatic nitrogens is 2. The lowest BCUT2D eigenvalue weighted by Gasteiger charge is -2.32. The lowest BCUT2D eigenvalue weighted by atomic mass is 9.75. The molecular weight excluding hydrogens is 432 g/mol. The minimum Gasteiger partial charge on any atom is -0.341 e. The summed E-state index contributed by atoms with van der Waals surface area (Å²) in [6.07, 6.45) is 8.78. The number of rotatable bonds is 5. The number of nitrogens with one attached hydrogen (secondary N) is 3. The first-order chi connectivity index (χ1) is 16.0. The maximum atomic E-state index is 12.9. The van der Waals surface area contributed by atoms with Crippen LogP contribution in [0, 0.1) is 5.41 Å². The van der Waals surface area contributed by atoms with Crippen molar-refractivity contribution >= 4 is 45.6 Å². The van der Waals surface area contributed by atoms with Gasteiger partial charge >= 0.3 is 0 Å². The Morgan fingerprint density at radius 1 is 0.970 bits per heavy atom. The topological polar surface area (TPSA) is 86.9 Å². The average molecular weight is 459 g/mol. The number of amides is 2. The summed E-state index contributed by atoms with van der Waals surface area (Å²) < 4.78 is 0. The number of H-pyrrole nitrogens is 1. The number of fused-ring (bicyclic) bond motifs is 1. The van der Waals surface area contributed by atoms with Crippen LogP contribution in [0.2, 0.25) is 0 Å². The molecule has 0 aliphatic heterocycles. The highest BCUT2D eigenvalue weighted by atomic mass is 32.1. The van der Waals surface area contributed by atoms with Gasteiger partial charge in [0.2, 0.25) is 5.91 Å². The van der Waals surface area contributed by atoms with Gasteiger partial charge in [0.25, 0.3) is 5.91 Å². The Kier molecular flexibility index (Phi) is 5.72. The minimum absolute atomic E-state index is 0.0873. The van der Waals surface area contributed by atoms with E-state index in [4.69, 9.17) is 0 Å². The largest absolute Gasteiger partial charge is 0.341 e. The minimum atomic E-state index is -0.294. The Morgan fingerprint density at radius 2 is 1.76 bits per heavy atom. The Labute approximate surface area is 196 Å². The van der Waals surface area contributed by atoms with E-state index in [2.05, 4.69) is 27.5 Å². The first-order valence-corrected chi connectivity index (χ1v) is 12.1. The zero-order valence-corrected chi connectivity index (χ0v) is 19.3. The molecular formula is C26H26N4O2S. The maximum absolute atomic E-state index is 12.9. The van der Waals surface area contributed by atoms with Crippen molar-refractivity contribution in [1.29, 1.82) is 0 Å². The van der Waals surface area contributed by atoms with Crippen LogP contribution in [0.5, 0.6) is 0 Å². The summed E-state index contributed by atoms with van der Waals surface area (Å²) >= 11 is 1.44. The van der Waals surface area contributed by atoms with Gasteiger partial charge in [0.1, 0.15) is 5.82 Å². The molecule has 1 fully saturated rings. The van der Waals surface area contributed by atoms with Crippen LogP contribution in [0.15, 0.2) is 60.9 Å². The Hall–Kier alpha value is -3.45.